The van der Waals surface area contributed by atoms with Crippen LogP contribution in [0, 0.1) is 11.3 Å². The molecule has 1 saturated carbocycles. The fraction of sp³-hybridized carbons (Fsp3) is 0.333. The first-order valence-corrected chi connectivity index (χ1v) is 6.98. The van der Waals surface area contributed by atoms with E-state index in [2.05, 4.69) is 16.3 Å². The van der Waals surface area contributed by atoms with Crippen molar-refractivity contribution in [2.24, 2.45) is 11.3 Å². The van der Waals surface area contributed by atoms with E-state index >= 15 is 0 Å². The van der Waals surface area contributed by atoms with Crippen molar-refractivity contribution >= 4 is 15.9 Å². The first-order chi connectivity index (χ1) is 8.40. The summed E-state index contributed by atoms with van der Waals surface area (Å²) in [5.41, 5.74) is -0.656. The summed E-state index contributed by atoms with van der Waals surface area (Å²) in [6.45, 7) is 5.35. The maximum Gasteiger partial charge on any atom is 0.265 e. The van der Waals surface area contributed by atoms with Gasteiger partial charge in [0.25, 0.3) is 10.0 Å². The lowest BCUT2D eigenvalue weighted by molar-refractivity contribution is -0.124. The Bertz CT molecular complexity index is 583. The summed E-state index contributed by atoms with van der Waals surface area (Å²) in [7, 11) is -3.83. The molecular formula is C12H14N2O3S. The van der Waals surface area contributed by atoms with Crippen molar-refractivity contribution in [2.75, 3.05) is 0 Å². The molecule has 1 aromatic heterocycles. The molecule has 0 aromatic carbocycles. The van der Waals surface area contributed by atoms with Gasteiger partial charge < -0.3 is 0 Å². The molecule has 1 aliphatic carbocycles. The van der Waals surface area contributed by atoms with Crippen LogP contribution < -0.4 is 4.72 Å². The lowest BCUT2D eigenvalue weighted by atomic mass is 10.1. The fourth-order valence-electron chi connectivity index (χ4n) is 1.81. The lowest BCUT2D eigenvalue weighted by Crippen LogP contribution is -2.36. The molecule has 0 radical (unpaired) electrons. The van der Waals surface area contributed by atoms with Gasteiger partial charge in [-0.05, 0) is 24.5 Å². The number of amides is 1. The smallest absolute Gasteiger partial charge is 0.265 e. The van der Waals surface area contributed by atoms with E-state index in [1.54, 1.807) is 13.0 Å². The first kappa shape index (κ1) is 12.8. The van der Waals surface area contributed by atoms with Crippen LogP contribution in [0.3, 0.4) is 0 Å². The Morgan fingerprint density at radius 2 is 2.39 bits per heavy atom. The molecule has 5 nitrogen and oxygen atoms in total. The largest absolute Gasteiger partial charge is 0.273 e. The van der Waals surface area contributed by atoms with Crippen molar-refractivity contribution in [1.82, 2.24) is 9.71 Å². The van der Waals surface area contributed by atoms with Crippen LogP contribution in [-0.2, 0) is 14.8 Å². The van der Waals surface area contributed by atoms with Crippen LogP contribution in [0.1, 0.15) is 13.3 Å². The zero-order valence-corrected chi connectivity index (χ0v) is 10.8. The maximum absolute atomic E-state index is 11.9. The zero-order valence-electron chi connectivity index (χ0n) is 9.96. The van der Waals surface area contributed by atoms with E-state index in [-0.39, 0.29) is 10.8 Å². The van der Waals surface area contributed by atoms with Crippen molar-refractivity contribution in [2.45, 2.75) is 18.2 Å². The van der Waals surface area contributed by atoms with Gasteiger partial charge in [-0.3, -0.25) is 9.78 Å². The van der Waals surface area contributed by atoms with E-state index in [0.717, 1.165) is 0 Å². The second-order valence-electron chi connectivity index (χ2n) is 4.59. The van der Waals surface area contributed by atoms with Crippen molar-refractivity contribution in [3.8, 4) is 0 Å². The molecule has 0 bridgehead atoms. The number of rotatable bonds is 4. The number of hydrogen-bond acceptors (Lipinski definition) is 4. The van der Waals surface area contributed by atoms with Gasteiger partial charge in [0.05, 0.1) is 5.41 Å². The van der Waals surface area contributed by atoms with Gasteiger partial charge in [0.15, 0.2) is 0 Å². The van der Waals surface area contributed by atoms with Gasteiger partial charge in [0.2, 0.25) is 5.91 Å². The van der Waals surface area contributed by atoms with E-state index < -0.39 is 21.3 Å². The minimum absolute atomic E-state index is 0.0160. The summed E-state index contributed by atoms with van der Waals surface area (Å²) in [5.74, 6) is -0.446. The first-order valence-electron chi connectivity index (χ1n) is 5.50. The molecule has 6 heteroatoms. The van der Waals surface area contributed by atoms with Gasteiger partial charge in [-0.1, -0.05) is 13.0 Å². The summed E-state index contributed by atoms with van der Waals surface area (Å²) in [6, 6.07) is 2.90. The van der Waals surface area contributed by atoms with Crippen LogP contribution in [0.2, 0.25) is 0 Å². The molecule has 2 atom stereocenters. The quantitative estimate of drug-likeness (QED) is 0.828. The Morgan fingerprint density at radius 3 is 2.89 bits per heavy atom. The van der Waals surface area contributed by atoms with Crippen LogP contribution in [0.4, 0.5) is 0 Å². The van der Waals surface area contributed by atoms with Crippen molar-refractivity contribution in [3.05, 3.63) is 37.2 Å². The number of carbonyl (C=O) groups excluding carboxylic acids is 1. The van der Waals surface area contributed by atoms with Crippen LogP contribution in [0.25, 0.3) is 0 Å². The average Bonchev–Trinajstić information content (AvgIpc) is 3.03. The molecule has 1 N–H and O–H groups in total. The number of sulfonamides is 1. The minimum atomic E-state index is -3.83. The Labute approximate surface area is 106 Å². The molecule has 96 valence electrons. The summed E-state index contributed by atoms with van der Waals surface area (Å²) >= 11 is 0. The number of nitrogens with zero attached hydrogens (tertiary/aromatic N) is 1. The van der Waals surface area contributed by atoms with Gasteiger partial charge in [-0.2, -0.15) is 0 Å². The number of hydrogen-bond donors (Lipinski definition) is 1. The molecule has 0 saturated heterocycles. The average molecular weight is 266 g/mol. The molecule has 1 aromatic rings. The van der Waals surface area contributed by atoms with Gasteiger partial charge in [-0.15, -0.1) is 6.58 Å². The predicted molar refractivity (Wildman–Crippen MR) is 66.0 cm³/mol. The van der Waals surface area contributed by atoms with Gasteiger partial charge in [-0.25, -0.2) is 13.1 Å². The summed E-state index contributed by atoms with van der Waals surface area (Å²) < 4.78 is 25.9. The number of nitrogens with one attached hydrogen (secondary N) is 1. The molecule has 1 amide bonds. The third-order valence-corrected chi connectivity index (χ3v) is 4.59. The van der Waals surface area contributed by atoms with Crippen LogP contribution in [0.15, 0.2) is 42.1 Å². The second-order valence-corrected chi connectivity index (χ2v) is 6.27. The molecular weight excluding hydrogens is 252 g/mol. The van der Waals surface area contributed by atoms with Gasteiger partial charge in [0.1, 0.15) is 4.90 Å². The molecule has 1 fully saturated rings. The highest BCUT2D eigenvalue weighted by molar-refractivity contribution is 7.90. The Hall–Kier alpha value is -1.69. The predicted octanol–water partition coefficient (Wildman–Crippen LogP) is 1.10. The fourth-order valence-corrected chi connectivity index (χ4v) is 2.86. The molecule has 0 unspecified atom stereocenters. The minimum Gasteiger partial charge on any atom is -0.273 e. The van der Waals surface area contributed by atoms with E-state index in [4.69, 9.17) is 0 Å². The van der Waals surface area contributed by atoms with E-state index in [9.17, 15) is 13.2 Å². The van der Waals surface area contributed by atoms with Crippen LogP contribution in [0.5, 0.6) is 0 Å². The zero-order chi connectivity index (χ0) is 13.4. The van der Waals surface area contributed by atoms with E-state index in [1.165, 1.54) is 24.5 Å². The third kappa shape index (κ3) is 2.15. The number of allylic oxidation sites excluding steroid dienone is 1. The van der Waals surface area contributed by atoms with Crippen molar-refractivity contribution < 1.29 is 13.2 Å². The summed E-state index contributed by atoms with van der Waals surface area (Å²) in [4.78, 5) is 15.6. The highest BCUT2D eigenvalue weighted by Crippen LogP contribution is 2.53. The highest BCUT2D eigenvalue weighted by Gasteiger charge is 2.55. The van der Waals surface area contributed by atoms with E-state index in [0.29, 0.717) is 6.42 Å². The monoisotopic (exact) mass is 266 g/mol. The third-order valence-electron chi connectivity index (χ3n) is 3.28. The summed E-state index contributed by atoms with van der Waals surface area (Å²) in [6.07, 6.45) is 4.98. The number of carbonyl (C=O) groups is 1. The Balaban J connectivity index is 2.16. The van der Waals surface area contributed by atoms with Crippen molar-refractivity contribution in [1.29, 1.82) is 0 Å². The van der Waals surface area contributed by atoms with Gasteiger partial charge in [0, 0.05) is 12.4 Å². The number of pyridine rings is 1. The standard InChI is InChI=1S/C12H14N2O3S/c1-3-9-7-12(9,2)11(15)14-18(16,17)10-5-4-6-13-8-10/h3-6,8-9H,1,7H2,2H3,(H,14,15)/t9-,12+/m1/s1. The maximum atomic E-state index is 11.9. The molecule has 1 aliphatic rings. The van der Waals surface area contributed by atoms with E-state index in [1.807, 2.05) is 0 Å². The second kappa shape index (κ2) is 4.20. The number of aromatic nitrogens is 1. The topological polar surface area (TPSA) is 76.1 Å². The van der Waals surface area contributed by atoms with Gasteiger partial charge >= 0.3 is 0 Å². The molecule has 1 heterocycles. The SMILES string of the molecule is C=C[C@@H]1C[C@]1(C)C(=O)NS(=O)(=O)c1cccnc1. The summed E-state index contributed by atoms with van der Waals surface area (Å²) in [5, 5.41) is 0. The Morgan fingerprint density at radius 1 is 1.67 bits per heavy atom. The lowest BCUT2D eigenvalue weighted by Gasteiger charge is -2.11. The van der Waals surface area contributed by atoms with Crippen LogP contribution in [-0.4, -0.2) is 19.3 Å². The molecule has 0 spiro atoms. The molecule has 18 heavy (non-hydrogen) atoms. The highest BCUT2D eigenvalue weighted by atomic mass is 32.2. The molecule has 2 rings (SSSR count). The van der Waals surface area contributed by atoms with Crippen LogP contribution >= 0.6 is 0 Å². The Kier molecular flexibility index (Phi) is 2.98. The van der Waals surface area contributed by atoms with Crippen molar-refractivity contribution in [3.63, 3.8) is 0 Å². The normalized spacial score (nSPS) is 26.4. The molecule has 0 aliphatic heterocycles.